The molecule has 0 amide bonds. The Kier molecular flexibility index (Phi) is 13.1. The van der Waals surface area contributed by atoms with E-state index < -0.39 is 0 Å². The molecule has 2 fully saturated rings. The van der Waals surface area contributed by atoms with Crippen LogP contribution < -0.4 is 0 Å². The summed E-state index contributed by atoms with van der Waals surface area (Å²) in [5.74, 6) is 0.0879. The lowest BCUT2D eigenvalue weighted by Gasteiger charge is -2.20. The highest BCUT2D eigenvalue weighted by atomic mass is 16.6. The van der Waals surface area contributed by atoms with E-state index in [0.29, 0.717) is 6.42 Å². The Labute approximate surface area is 152 Å². The molecule has 0 aromatic heterocycles. The Bertz CT molecular complexity index is 390. The lowest BCUT2D eigenvalue weighted by atomic mass is 10.1. The Morgan fingerprint density at radius 1 is 1.20 bits per heavy atom. The van der Waals surface area contributed by atoms with Gasteiger partial charge in [0, 0.05) is 6.42 Å². The van der Waals surface area contributed by atoms with Gasteiger partial charge in [0.1, 0.15) is 12.2 Å². The van der Waals surface area contributed by atoms with E-state index in [0.717, 1.165) is 44.9 Å². The van der Waals surface area contributed by atoms with E-state index in [9.17, 15) is 9.59 Å². The fraction of sp³-hybridized carbons (Fsp3) is 0.800. The molecule has 25 heavy (non-hydrogen) atoms. The first-order valence-electron chi connectivity index (χ1n) is 9.56. The molecule has 0 aromatic carbocycles. The number of ether oxygens (including phenoxy) is 2. The molecule has 2 rings (SSSR count). The summed E-state index contributed by atoms with van der Waals surface area (Å²) in [6, 6.07) is 0. The number of carbonyl (C=O) groups is 2. The molecule has 4 atom stereocenters. The minimum Gasteiger partial charge on any atom is -0.462 e. The van der Waals surface area contributed by atoms with Gasteiger partial charge < -0.3 is 14.6 Å². The third-order valence-corrected chi connectivity index (χ3v) is 4.33. The highest BCUT2D eigenvalue weighted by Gasteiger charge is 2.29. The minimum atomic E-state index is -0.169. The van der Waals surface area contributed by atoms with Gasteiger partial charge in [0.05, 0.1) is 12.0 Å². The number of carbonyl (C=O) groups excluding carboxylic acids is 2. The minimum absolute atomic E-state index is 0.0203. The van der Waals surface area contributed by atoms with E-state index in [2.05, 4.69) is 6.58 Å². The van der Waals surface area contributed by atoms with E-state index >= 15 is 0 Å². The average molecular weight is 357 g/mol. The maximum absolute atomic E-state index is 10.7. The smallest absolute Gasteiger partial charge is 0.309 e. The second kappa shape index (κ2) is 13.9. The van der Waals surface area contributed by atoms with Crippen molar-refractivity contribution in [1.82, 2.24) is 0 Å². The number of esters is 2. The van der Waals surface area contributed by atoms with Gasteiger partial charge in [0.25, 0.3) is 0 Å². The zero-order chi connectivity index (χ0) is 19.2. The average Bonchev–Trinajstić information content (AvgIpc) is 2.94. The van der Waals surface area contributed by atoms with Crippen molar-refractivity contribution < 1.29 is 24.2 Å². The van der Waals surface area contributed by atoms with Crippen LogP contribution in [-0.4, -0.2) is 35.4 Å². The van der Waals surface area contributed by atoms with Gasteiger partial charge in [-0.3, -0.25) is 9.59 Å². The molecule has 2 aliphatic heterocycles. The predicted octanol–water partition coefficient (Wildman–Crippen LogP) is 4.17. The van der Waals surface area contributed by atoms with Crippen LogP contribution in [0.2, 0.25) is 0 Å². The number of hydrogen-bond donors (Lipinski definition) is 1. The Morgan fingerprint density at radius 2 is 1.84 bits per heavy atom. The summed E-state index contributed by atoms with van der Waals surface area (Å²) in [6.07, 6.45) is 9.04. The van der Waals surface area contributed by atoms with Crippen molar-refractivity contribution in [3.05, 3.63) is 12.7 Å². The van der Waals surface area contributed by atoms with Crippen molar-refractivity contribution in [3.63, 3.8) is 0 Å². The van der Waals surface area contributed by atoms with E-state index in [1.165, 1.54) is 0 Å². The van der Waals surface area contributed by atoms with Crippen molar-refractivity contribution in [2.75, 3.05) is 0 Å². The number of aliphatic hydroxyl groups is 1. The largest absolute Gasteiger partial charge is 0.462 e. The molecular weight excluding hydrogens is 320 g/mol. The van der Waals surface area contributed by atoms with Crippen LogP contribution in [0.5, 0.6) is 0 Å². The van der Waals surface area contributed by atoms with Crippen LogP contribution in [0.1, 0.15) is 79.1 Å². The third kappa shape index (κ3) is 11.0. The number of hydrogen-bond acceptors (Lipinski definition) is 5. The highest BCUT2D eigenvalue weighted by molar-refractivity contribution is 5.74. The van der Waals surface area contributed by atoms with Gasteiger partial charge in [0.15, 0.2) is 0 Å². The summed E-state index contributed by atoms with van der Waals surface area (Å²) in [4.78, 5) is 21.3. The molecule has 0 bridgehead atoms. The summed E-state index contributed by atoms with van der Waals surface area (Å²) >= 11 is 0. The van der Waals surface area contributed by atoms with Gasteiger partial charge >= 0.3 is 11.9 Å². The van der Waals surface area contributed by atoms with Crippen LogP contribution in [0.15, 0.2) is 12.7 Å². The first-order valence-corrected chi connectivity index (χ1v) is 9.56. The number of aliphatic hydroxyl groups excluding tert-OH is 1. The first kappa shape index (κ1) is 23.6. The van der Waals surface area contributed by atoms with E-state index in [1.807, 2.05) is 27.7 Å². The van der Waals surface area contributed by atoms with Gasteiger partial charge in [-0.05, 0) is 44.9 Å². The second-order valence-electron chi connectivity index (χ2n) is 6.60. The first-order chi connectivity index (χ1) is 11.9. The SMILES string of the molecule is C=CCC(O)CC.CCC1CC(C)C(=O)O1.CCC1CCCC(=O)O1. The van der Waals surface area contributed by atoms with Crippen molar-refractivity contribution in [1.29, 1.82) is 0 Å². The fourth-order valence-corrected chi connectivity index (χ4v) is 2.49. The van der Waals surface area contributed by atoms with Crippen LogP contribution in [0, 0.1) is 5.92 Å². The molecule has 1 N–H and O–H groups in total. The predicted molar refractivity (Wildman–Crippen MR) is 99.1 cm³/mol. The van der Waals surface area contributed by atoms with E-state index in [-0.39, 0.29) is 36.2 Å². The quantitative estimate of drug-likeness (QED) is 0.591. The number of cyclic esters (lactones) is 2. The molecule has 0 aliphatic carbocycles. The Hall–Kier alpha value is -1.36. The van der Waals surface area contributed by atoms with Gasteiger partial charge in [-0.2, -0.15) is 0 Å². The van der Waals surface area contributed by atoms with Crippen molar-refractivity contribution in [3.8, 4) is 0 Å². The lowest BCUT2D eigenvalue weighted by Crippen LogP contribution is -2.22. The maximum atomic E-state index is 10.7. The lowest BCUT2D eigenvalue weighted by molar-refractivity contribution is -0.153. The van der Waals surface area contributed by atoms with E-state index in [1.54, 1.807) is 6.08 Å². The molecule has 5 nitrogen and oxygen atoms in total. The van der Waals surface area contributed by atoms with Crippen LogP contribution in [-0.2, 0) is 19.1 Å². The van der Waals surface area contributed by atoms with Gasteiger partial charge in [-0.1, -0.05) is 33.8 Å². The van der Waals surface area contributed by atoms with E-state index in [4.69, 9.17) is 14.6 Å². The summed E-state index contributed by atoms with van der Waals surface area (Å²) in [7, 11) is 0. The van der Waals surface area contributed by atoms with Crippen LogP contribution in [0.4, 0.5) is 0 Å². The van der Waals surface area contributed by atoms with Crippen molar-refractivity contribution >= 4 is 11.9 Å². The summed E-state index contributed by atoms with van der Waals surface area (Å²) in [5, 5.41) is 8.79. The number of rotatable bonds is 5. The van der Waals surface area contributed by atoms with Crippen LogP contribution in [0.25, 0.3) is 0 Å². The molecule has 4 unspecified atom stereocenters. The van der Waals surface area contributed by atoms with Crippen molar-refractivity contribution in [2.45, 2.75) is 97.4 Å². The molecule has 0 aromatic rings. The summed E-state index contributed by atoms with van der Waals surface area (Å²) in [6.45, 7) is 11.4. The zero-order valence-corrected chi connectivity index (χ0v) is 16.3. The van der Waals surface area contributed by atoms with Gasteiger partial charge in [0.2, 0.25) is 0 Å². The van der Waals surface area contributed by atoms with Gasteiger partial charge in [-0.25, -0.2) is 0 Å². The monoisotopic (exact) mass is 356 g/mol. The normalized spacial score (nSPS) is 26.2. The molecule has 0 spiro atoms. The third-order valence-electron chi connectivity index (χ3n) is 4.33. The molecule has 5 heteroatoms. The molecule has 2 saturated heterocycles. The molecular formula is C20H36O5. The van der Waals surface area contributed by atoms with Crippen LogP contribution >= 0.6 is 0 Å². The maximum Gasteiger partial charge on any atom is 0.309 e. The molecule has 2 aliphatic rings. The topological polar surface area (TPSA) is 72.8 Å². The molecule has 0 saturated carbocycles. The zero-order valence-electron chi connectivity index (χ0n) is 16.3. The Balaban J connectivity index is 0.000000350. The molecule has 2 heterocycles. The fourth-order valence-electron chi connectivity index (χ4n) is 2.49. The second-order valence-corrected chi connectivity index (χ2v) is 6.60. The summed E-state index contributed by atoms with van der Waals surface area (Å²) < 4.78 is 9.98. The standard InChI is InChI=1S/2C7H12O2.C6H12O/c1-3-6-4-5(2)7(8)9-6;1-2-6-4-3-5-7(8)9-6;1-3-5-6(7)4-2/h5-6H,3-4H2,1-2H3;6H,2-5H2,1H3;3,6-7H,1,4-5H2,2H3. The molecule has 0 radical (unpaired) electrons. The van der Waals surface area contributed by atoms with Gasteiger partial charge in [-0.15, -0.1) is 6.58 Å². The van der Waals surface area contributed by atoms with Crippen LogP contribution in [0.3, 0.4) is 0 Å². The Morgan fingerprint density at radius 3 is 2.12 bits per heavy atom. The molecule has 146 valence electrons. The highest BCUT2D eigenvalue weighted by Crippen LogP contribution is 2.21. The van der Waals surface area contributed by atoms with Crippen molar-refractivity contribution in [2.24, 2.45) is 5.92 Å². The summed E-state index contributed by atoms with van der Waals surface area (Å²) in [5.41, 5.74) is 0.